The zero-order valence-corrected chi connectivity index (χ0v) is 15.1. The molecule has 0 saturated carbocycles. The van der Waals surface area contributed by atoms with E-state index in [1.165, 1.54) is 4.88 Å². The van der Waals surface area contributed by atoms with E-state index in [2.05, 4.69) is 22.4 Å². The van der Waals surface area contributed by atoms with Crippen molar-refractivity contribution in [3.63, 3.8) is 0 Å². The van der Waals surface area contributed by atoms with Gasteiger partial charge in [0.2, 0.25) is 0 Å². The van der Waals surface area contributed by atoms with Gasteiger partial charge in [-0.15, -0.1) is 11.3 Å². The van der Waals surface area contributed by atoms with Crippen molar-refractivity contribution < 1.29 is 14.6 Å². The summed E-state index contributed by atoms with van der Waals surface area (Å²) in [6.45, 7) is 3.99. The van der Waals surface area contributed by atoms with Crippen LogP contribution in [0, 0.1) is 0 Å². The van der Waals surface area contributed by atoms with Crippen LogP contribution in [0.1, 0.15) is 16.9 Å². The van der Waals surface area contributed by atoms with Crippen LogP contribution in [0.25, 0.3) is 0 Å². The molecule has 2 rings (SSSR count). The van der Waals surface area contributed by atoms with Crippen molar-refractivity contribution in [2.45, 2.75) is 25.7 Å². The van der Waals surface area contributed by atoms with E-state index in [0.717, 1.165) is 31.7 Å². The summed E-state index contributed by atoms with van der Waals surface area (Å²) < 4.78 is 10.8. The zero-order chi connectivity index (χ0) is 17.0. The van der Waals surface area contributed by atoms with Crippen LogP contribution in [0.15, 0.2) is 47.8 Å². The molecule has 0 spiro atoms. The third kappa shape index (κ3) is 7.55. The largest absolute Gasteiger partial charge is 0.389 e. The van der Waals surface area contributed by atoms with Crippen molar-refractivity contribution in [2.75, 3.05) is 33.4 Å². The molecule has 24 heavy (non-hydrogen) atoms. The second-order valence-electron chi connectivity index (χ2n) is 5.82. The molecule has 5 heteroatoms. The van der Waals surface area contributed by atoms with Crippen molar-refractivity contribution in [2.24, 2.45) is 0 Å². The van der Waals surface area contributed by atoms with Gasteiger partial charge in [-0.05, 0) is 23.4 Å². The lowest BCUT2D eigenvalue weighted by Gasteiger charge is -2.24. The first kappa shape index (κ1) is 19.1. The Kier molecular flexibility index (Phi) is 9.02. The second kappa shape index (κ2) is 11.3. The van der Waals surface area contributed by atoms with Crippen molar-refractivity contribution in [1.82, 2.24) is 4.90 Å². The normalized spacial score (nSPS) is 12.6. The molecule has 2 aromatic rings. The minimum Gasteiger partial charge on any atom is -0.389 e. The van der Waals surface area contributed by atoms with Crippen molar-refractivity contribution in [3.05, 3.63) is 58.3 Å². The zero-order valence-electron chi connectivity index (χ0n) is 14.3. The molecule has 0 aliphatic carbocycles. The van der Waals surface area contributed by atoms with Crippen LogP contribution < -0.4 is 0 Å². The summed E-state index contributed by atoms with van der Waals surface area (Å²) in [6, 6.07) is 14.2. The van der Waals surface area contributed by atoms with Gasteiger partial charge in [0.15, 0.2) is 0 Å². The Hall–Kier alpha value is -1.24. The van der Waals surface area contributed by atoms with Crippen molar-refractivity contribution in [3.8, 4) is 0 Å². The molecule has 0 bridgehead atoms. The van der Waals surface area contributed by atoms with Crippen LogP contribution in [0.4, 0.5) is 0 Å². The number of thiophene rings is 1. The monoisotopic (exact) mass is 349 g/mol. The molecule has 0 saturated heterocycles. The van der Waals surface area contributed by atoms with Gasteiger partial charge in [0.05, 0.1) is 19.3 Å². The summed E-state index contributed by atoms with van der Waals surface area (Å²) in [4.78, 5) is 3.58. The molecule has 1 aromatic carbocycles. The molecule has 1 N–H and O–H groups in total. The Balaban J connectivity index is 1.74. The van der Waals surface area contributed by atoms with E-state index < -0.39 is 6.10 Å². The fraction of sp³-hybridized carbons (Fsp3) is 0.474. The highest BCUT2D eigenvalue weighted by Crippen LogP contribution is 2.13. The van der Waals surface area contributed by atoms with Crippen LogP contribution in [0.2, 0.25) is 0 Å². The Labute approximate surface area is 148 Å². The predicted octanol–water partition coefficient (Wildman–Crippen LogP) is 3.16. The maximum absolute atomic E-state index is 10.3. The summed E-state index contributed by atoms with van der Waals surface area (Å²) in [5.41, 5.74) is 1.13. The van der Waals surface area contributed by atoms with Gasteiger partial charge in [-0.25, -0.2) is 0 Å². The Morgan fingerprint density at radius 2 is 2.00 bits per heavy atom. The van der Waals surface area contributed by atoms with E-state index in [1.54, 1.807) is 18.4 Å². The fourth-order valence-corrected chi connectivity index (χ4v) is 3.27. The van der Waals surface area contributed by atoms with E-state index >= 15 is 0 Å². The van der Waals surface area contributed by atoms with Gasteiger partial charge in [-0.1, -0.05) is 36.4 Å². The topological polar surface area (TPSA) is 41.9 Å². The number of benzene rings is 1. The molecule has 1 atom stereocenters. The van der Waals surface area contributed by atoms with Crippen LogP contribution in [0.5, 0.6) is 0 Å². The van der Waals surface area contributed by atoms with Gasteiger partial charge in [-0.3, -0.25) is 4.90 Å². The third-order valence-corrected chi connectivity index (χ3v) is 4.53. The highest BCUT2D eigenvalue weighted by molar-refractivity contribution is 7.09. The number of ether oxygens (including phenoxy) is 2. The summed E-state index contributed by atoms with van der Waals surface area (Å²) in [6.07, 6.45) is 0.468. The Morgan fingerprint density at radius 1 is 1.17 bits per heavy atom. The molecule has 132 valence electrons. The smallest absolute Gasteiger partial charge is 0.0900 e. The first-order valence-electron chi connectivity index (χ1n) is 8.31. The number of aliphatic hydroxyl groups excluding tert-OH is 1. The lowest BCUT2D eigenvalue weighted by atomic mass is 10.2. The summed E-state index contributed by atoms with van der Waals surface area (Å²) in [5.74, 6) is 0. The lowest BCUT2D eigenvalue weighted by Crippen LogP contribution is -2.35. The first-order valence-corrected chi connectivity index (χ1v) is 9.19. The molecule has 4 nitrogen and oxygen atoms in total. The van der Waals surface area contributed by atoms with Crippen LogP contribution in [-0.4, -0.2) is 49.5 Å². The third-order valence-electron chi connectivity index (χ3n) is 3.67. The van der Waals surface area contributed by atoms with Crippen molar-refractivity contribution in [1.29, 1.82) is 0 Å². The minimum absolute atomic E-state index is 0.347. The maximum atomic E-state index is 10.3. The quantitative estimate of drug-likeness (QED) is 0.598. The first-order chi connectivity index (χ1) is 11.8. The summed E-state index contributed by atoms with van der Waals surface area (Å²) >= 11 is 1.75. The minimum atomic E-state index is -0.490. The van der Waals surface area contributed by atoms with E-state index in [9.17, 15) is 5.11 Å². The van der Waals surface area contributed by atoms with E-state index in [4.69, 9.17) is 9.47 Å². The van der Waals surface area contributed by atoms with E-state index in [0.29, 0.717) is 19.8 Å². The SMILES string of the molecule is COCCCN(Cc1cccs1)CC(O)COCc1ccccc1. The van der Waals surface area contributed by atoms with Crippen LogP contribution in [0.3, 0.4) is 0 Å². The highest BCUT2D eigenvalue weighted by Gasteiger charge is 2.13. The molecule has 1 aromatic heterocycles. The number of hydrogen-bond donors (Lipinski definition) is 1. The number of hydrogen-bond acceptors (Lipinski definition) is 5. The van der Waals surface area contributed by atoms with Gasteiger partial charge >= 0.3 is 0 Å². The molecule has 0 aliphatic heterocycles. The average molecular weight is 349 g/mol. The number of aliphatic hydroxyl groups is 1. The summed E-state index contributed by atoms with van der Waals surface area (Å²) in [5, 5.41) is 12.4. The van der Waals surface area contributed by atoms with Gasteiger partial charge in [0.1, 0.15) is 0 Å². The standard InChI is InChI=1S/C19H27NO3S/c1-22-11-6-10-20(14-19-9-5-12-24-19)13-18(21)16-23-15-17-7-3-2-4-8-17/h2-5,7-9,12,18,21H,6,10-11,13-16H2,1H3. The molecule has 0 radical (unpaired) electrons. The number of nitrogens with zero attached hydrogens (tertiary/aromatic N) is 1. The van der Waals surface area contributed by atoms with Crippen LogP contribution >= 0.6 is 11.3 Å². The Bertz CT molecular complexity index is 533. The maximum Gasteiger partial charge on any atom is 0.0900 e. The van der Waals surface area contributed by atoms with Gasteiger partial charge < -0.3 is 14.6 Å². The fourth-order valence-electron chi connectivity index (χ4n) is 2.53. The number of methoxy groups -OCH3 is 1. The van der Waals surface area contributed by atoms with Gasteiger partial charge in [0, 0.05) is 38.2 Å². The molecule has 1 unspecified atom stereocenters. The predicted molar refractivity (Wildman–Crippen MR) is 98.2 cm³/mol. The van der Waals surface area contributed by atoms with E-state index in [1.807, 2.05) is 30.3 Å². The highest BCUT2D eigenvalue weighted by atomic mass is 32.1. The molecule has 0 amide bonds. The van der Waals surface area contributed by atoms with E-state index in [-0.39, 0.29) is 0 Å². The van der Waals surface area contributed by atoms with Crippen molar-refractivity contribution >= 4 is 11.3 Å². The molecule has 1 heterocycles. The number of rotatable bonds is 12. The average Bonchev–Trinajstić information content (AvgIpc) is 3.09. The van der Waals surface area contributed by atoms with Gasteiger partial charge in [0.25, 0.3) is 0 Å². The molecule has 0 aliphatic rings. The van der Waals surface area contributed by atoms with Crippen LogP contribution in [-0.2, 0) is 22.6 Å². The van der Waals surface area contributed by atoms with Gasteiger partial charge in [-0.2, -0.15) is 0 Å². The Morgan fingerprint density at radius 3 is 2.71 bits per heavy atom. The lowest BCUT2D eigenvalue weighted by molar-refractivity contribution is 0.00754. The molecular formula is C19H27NO3S. The summed E-state index contributed by atoms with van der Waals surface area (Å²) in [7, 11) is 1.72. The second-order valence-corrected chi connectivity index (χ2v) is 6.85. The molecule has 0 fully saturated rings. The molecular weight excluding hydrogens is 322 g/mol.